The molecule has 7 N–H and O–H groups in total. The molecule has 0 unspecified atom stereocenters. The van der Waals surface area contributed by atoms with Crippen molar-refractivity contribution in [1.29, 1.82) is 0 Å². The van der Waals surface area contributed by atoms with E-state index in [4.69, 9.17) is 10.5 Å². The molecule has 14 nitrogen and oxygen atoms in total. The quantitative estimate of drug-likeness (QED) is 0.108. The van der Waals surface area contributed by atoms with Crippen molar-refractivity contribution in [1.82, 2.24) is 26.2 Å². The number of amides is 5. The highest BCUT2D eigenvalue weighted by molar-refractivity contribution is 5.96. The number of carbonyl (C=O) groups excluding carboxylic acids is 6. The molecule has 1 heterocycles. The van der Waals surface area contributed by atoms with Gasteiger partial charge in [-0.2, -0.15) is 0 Å². The molecule has 0 aromatic heterocycles. The zero-order valence-corrected chi connectivity index (χ0v) is 30.8. The average molecular weight is 697 g/mol. The minimum Gasteiger partial charge on any atom is -0.460 e. The fourth-order valence-corrected chi connectivity index (χ4v) is 5.82. The molecular weight excluding hydrogens is 632 g/mol. The van der Waals surface area contributed by atoms with Gasteiger partial charge in [0.25, 0.3) is 0 Å². The van der Waals surface area contributed by atoms with E-state index in [0.717, 1.165) is 25.7 Å². The number of hydrogen-bond acceptors (Lipinski definition) is 9. The number of likely N-dealkylation sites (N-methyl/N-ethyl adjacent to an activating group) is 1. The van der Waals surface area contributed by atoms with Crippen LogP contribution in [0.15, 0.2) is 0 Å². The van der Waals surface area contributed by atoms with E-state index >= 15 is 0 Å². The topological polar surface area (TPSA) is 209 Å². The van der Waals surface area contributed by atoms with Crippen LogP contribution in [0.2, 0.25) is 0 Å². The molecule has 0 aromatic carbocycles. The highest BCUT2D eigenvalue weighted by atomic mass is 16.5. The first-order valence-corrected chi connectivity index (χ1v) is 18.2. The number of cyclic esters (lactones) is 1. The maximum absolute atomic E-state index is 14.0. The van der Waals surface area contributed by atoms with Crippen molar-refractivity contribution in [3.05, 3.63) is 0 Å². The van der Waals surface area contributed by atoms with Gasteiger partial charge in [0.05, 0.1) is 12.5 Å². The number of hydrogen-bond donors (Lipinski definition) is 6. The Kier molecular flexibility index (Phi) is 20.7. The fraction of sp³-hybridized carbons (Fsp3) is 0.829. The molecule has 0 saturated carbocycles. The molecule has 0 spiro atoms. The second-order valence-corrected chi connectivity index (χ2v) is 13.8. The van der Waals surface area contributed by atoms with Gasteiger partial charge in [-0.3, -0.25) is 28.8 Å². The van der Waals surface area contributed by atoms with Crippen molar-refractivity contribution in [2.75, 3.05) is 26.7 Å². The van der Waals surface area contributed by atoms with Crippen LogP contribution < -0.4 is 27.0 Å². The Labute approximate surface area is 292 Å². The summed E-state index contributed by atoms with van der Waals surface area (Å²) in [4.78, 5) is 81.6. The Hall–Kier alpha value is -3.26. The summed E-state index contributed by atoms with van der Waals surface area (Å²) in [5.41, 5.74) is 5.74. The first-order chi connectivity index (χ1) is 23.2. The summed E-state index contributed by atoms with van der Waals surface area (Å²) in [7, 11) is 1.53. The Bertz CT molecular complexity index is 1070. The molecule has 1 fully saturated rings. The summed E-state index contributed by atoms with van der Waals surface area (Å²) in [6, 6.07) is -4.78. The molecule has 49 heavy (non-hydrogen) atoms. The summed E-state index contributed by atoms with van der Waals surface area (Å²) >= 11 is 0. The molecule has 1 rings (SSSR count). The number of rotatable bonds is 15. The van der Waals surface area contributed by atoms with Crippen LogP contribution >= 0.6 is 0 Å². The monoisotopic (exact) mass is 696 g/mol. The number of ether oxygens (including phenoxy) is 1. The third-order valence-electron chi connectivity index (χ3n) is 9.27. The summed E-state index contributed by atoms with van der Waals surface area (Å²) < 4.78 is 5.79. The molecule has 0 aliphatic carbocycles. The third-order valence-corrected chi connectivity index (χ3v) is 9.27. The molecule has 7 atom stereocenters. The number of nitrogens with one attached hydrogen (secondary N) is 4. The lowest BCUT2D eigenvalue weighted by Gasteiger charge is -2.34. The Balaban J connectivity index is 3.46. The zero-order chi connectivity index (χ0) is 37.1. The Morgan fingerprint density at radius 2 is 1.43 bits per heavy atom. The number of esters is 1. The van der Waals surface area contributed by atoms with Gasteiger partial charge in [-0.1, -0.05) is 92.9 Å². The van der Waals surface area contributed by atoms with Crippen molar-refractivity contribution in [3.8, 4) is 0 Å². The van der Waals surface area contributed by atoms with Crippen molar-refractivity contribution in [2.45, 2.75) is 142 Å². The van der Waals surface area contributed by atoms with Crippen LogP contribution in [-0.4, -0.2) is 103 Å². The lowest BCUT2D eigenvalue weighted by molar-refractivity contribution is -0.157. The van der Waals surface area contributed by atoms with Crippen molar-refractivity contribution >= 4 is 35.5 Å². The summed E-state index contributed by atoms with van der Waals surface area (Å²) in [5, 5.41) is 20.0. The zero-order valence-electron chi connectivity index (χ0n) is 30.8. The van der Waals surface area contributed by atoms with Crippen LogP contribution in [0.1, 0.15) is 112 Å². The van der Waals surface area contributed by atoms with Gasteiger partial charge in [0.2, 0.25) is 29.5 Å². The van der Waals surface area contributed by atoms with Crippen LogP contribution in [0, 0.1) is 17.8 Å². The largest absolute Gasteiger partial charge is 0.460 e. The summed E-state index contributed by atoms with van der Waals surface area (Å²) in [6.07, 6.45) is 8.88. The number of aliphatic hydroxyl groups is 1. The van der Waals surface area contributed by atoms with Gasteiger partial charge in [-0.05, 0) is 31.1 Å². The van der Waals surface area contributed by atoms with E-state index in [0.29, 0.717) is 25.7 Å². The molecule has 1 saturated heterocycles. The molecule has 1 aliphatic rings. The molecule has 0 radical (unpaired) electrons. The SMILES string of the molecule is CCCCCCCCCC[C@H]1OC(=O)CNC(=O)[C@H](CN)NC(=O)[C@H](CO)NC(=O)[C@H]([C@@H](C)CC)NC(=O)[C@H](CC(C)C)N(C)C(=O)[C@@H]1C. The second kappa shape index (κ2) is 23.2. The number of unbranched alkanes of at least 4 members (excludes halogenated alkanes) is 7. The lowest BCUT2D eigenvalue weighted by Crippen LogP contribution is -2.61. The molecular formula is C35H64N6O8. The lowest BCUT2D eigenvalue weighted by atomic mass is 9.94. The number of aliphatic hydroxyl groups excluding tert-OH is 1. The van der Waals surface area contributed by atoms with Crippen molar-refractivity contribution < 1.29 is 38.6 Å². The van der Waals surface area contributed by atoms with Crippen LogP contribution in [0.4, 0.5) is 0 Å². The van der Waals surface area contributed by atoms with Gasteiger partial charge in [-0.15, -0.1) is 0 Å². The van der Waals surface area contributed by atoms with E-state index in [2.05, 4.69) is 28.2 Å². The maximum atomic E-state index is 14.0. The predicted octanol–water partition coefficient (Wildman–Crippen LogP) is 1.52. The fourth-order valence-electron chi connectivity index (χ4n) is 5.82. The van der Waals surface area contributed by atoms with E-state index in [1.165, 1.54) is 31.2 Å². The van der Waals surface area contributed by atoms with Gasteiger partial charge >= 0.3 is 5.97 Å². The molecule has 5 amide bonds. The van der Waals surface area contributed by atoms with E-state index in [1.807, 2.05) is 20.8 Å². The second-order valence-electron chi connectivity index (χ2n) is 13.8. The van der Waals surface area contributed by atoms with Crippen molar-refractivity contribution in [2.24, 2.45) is 23.5 Å². The van der Waals surface area contributed by atoms with Crippen LogP contribution in [0.3, 0.4) is 0 Å². The third kappa shape index (κ3) is 15.0. The van der Waals surface area contributed by atoms with E-state index < -0.39 is 84.8 Å². The molecule has 0 aromatic rings. The number of nitrogens with two attached hydrogens (primary N) is 1. The van der Waals surface area contributed by atoms with E-state index in [1.54, 1.807) is 13.8 Å². The first-order valence-electron chi connectivity index (χ1n) is 18.2. The van der Waals surface area contributed by atoms with Gasteiger partial charge < -0.3 is 41.7 Å². The Morgan fingerprint density at radius 3 is 1.98 bits per heavy atom. The molecule has 1 aliphatic heterocycles. The smallest absolute Gasteiger partial charge is 0.325 e. The van der Waals surface area contributed by atoms with Gasteiger partial charge in [0.15, 0.2) is 0 Å². The van der Waals surface area contributed by atoms with Crippen LogP contribution in [-0.2, 0) is 33.5 Å². The van der Waals surface area contributed by atoms with E-state index in [-0.39, 0.29) is 18.4 Å². The summed E-state index contributed by atoms with van der Waals surface area (Å²) in [5.74, 6) is -5.25. The van der Waals surface area contributed by atoms with Gasteiger partial charge in [0.1, 0.15) is 36.8 Å². The maximum Gasteiger partial charge on any atom is 0.325 e. The minimum atomic E-state index is -1.46. The number of nitrogens with zero attached hydrogens (tertiary/aromatic N) is 1. The van der Waals surface area contributed by atoms with Crippen molar-refractivity contribution in [3.63, 3.8) is 0 Å². The molecule has 282 valence electrons. The Morgan fingerprint density at radius 1 is 0.837 bits per heavy atom. The predicted molar refractivity (Wildman–Crippen MR) is 187 cm³/mol. The van der Waals surface area contributed by atoms with Gasteiger partial charge in [0, 0.05) is 13.6 Å². The standard InChI is InChI=1S/C35H64N6O8/c1-8-10-11-12-13-14-15-16-17-28-24(6)35(48)41(7)27(18-22(3)4)33(46)40-30(23(5)9-2)34(47)39-26(21-42)32(45)38-25(19-36)31(44)37-20-29(43)49-28/h22-28,30,42H,8-21,36H2,1-7H3,(H,37,44)(H,38,45)(H,39,47)(H,40,46)/t23-,24+,25-,26-,27-,28+,30-/m0/s1. The average Bonchev–Trinajstić information content (AvgIpc) is 3.08. The highest BCUT2D eigenvalue weighted by Gasteiger charge is 2.38. The highest BCUT2D eigenvalue weighted by Crippen LogP contribution is 2.22. The first kappa shape index (κ1) is 43.8. The normalized spacial score (nSPS) is 26.1. The minimum absolute atomic E-state index is 0.00584. The summed E-state index contributed by atoms with van der Waals surface area (Å²) in [6.45, 7) is 9.62. The molecule has 0 bridgehead atoms. The van der Waals surface area contributed by atoms with Gasteiger partial charge in [-0.25, -0.2) is 0 Å². The number of carbonyl (C=O) groups is 6. The van der Waals surface area contributed by atoms with Crippen LogP contribution in [0.25, 0.3) is 0 Å². The van der Waals surface area contributed by atoms with E-state index in [9.17, 15) is 33.9 Å². The van der Waals surface area contributed by atoms with Crippen LogP contribution in [0.5, 0.6) is 0 Å². The molecule has 14 heteroatoms.